The quantitative estimate of drug-likeness (QED) is 0.480. The lowest BCUT2D eigenvalue weighted by Crippen LogP contribution is -2.19. The molecule has 26 heavy (non-hydrogen) atoms. The molecule has 0 aliphatic carbocycles. The van der Waals surface area contributed by atoms with Crippen LogP contribution in [0.3, 0.4) is 0 Å². The zero-order chi connectivity index (χ0) is 19.4. The first-order chi connectivity index (χ1) is 12.3. The highest BCUT2D eigenvalue weighted by atomic mass is 35.5. The Balaban J connectivity index is 2.67. The molecule has 5 nitrogen and oxygen atoms in total. The molecule has 2 rings (SSSR count). The molecule has 0 amide bonds. The highest BCUT2D eigenvalue weighted by Crippen LogP contribution is 2.28. The van der Waals surface area contributed by atoms with Gasteiger partial charge in [-0.05, 0) is 31.5 Å². The maximum atomic E-state index is 13.1. The molecule has 0 saturated heterocycles. The van der Waals surface area contributed by atoms with Gasteiger partial charge in [0.25, 0.3) is 0 Å². The Morgan fingerprint density at radius 1 is 1.27 bits per heavy atom. The third kappa shape index (κ3) is 3.94. The molecule has 1 heterocycles. The first kappa shape index (κ1) is 20.5. The van der Waals surface area contributed by atoms with E-state index in [0.717, 1.165) is 12.8 Å². The lowest BCUT2D eigenvalue weighted by Gasteiger charge is -2.18. The van der Waals surface area contributed by atoms with Crippen LogP contribution in [0.25, 0.3) is 0 Å². The van der Waals surface area contributed by atoms with E-state index in [1.807, 2.05) is 18.4 Å². The molecule has 1 aromatic heterocycles. The molecule has 0 radical (unpaired) electrons. The molecule has 0 saturated carbocycles. The van der Waals surface area contributed by atoms with Gasteiger partial charge in [0, 0.05) is 23.0 Å². The zero-order valence-corrected chi connectivity index (χ0v) is 16.8. The average molecular weight is 397 g/mol. The molecule has 0 bridgehead atoms. The molecule has 1 atom stereocenters. The SMILES string of the molecule is CCCC(C)n1c(CC)nc(C(=O)c2ccc(Cl)cc2Cl)c1C(=O)OC. The maximum Gasteiger partial charge on any atom is 0.357 e. The maximum absolute atomic E-state index is 13.1. The number of ketones is 1. The zero-order valence-electron chi connectivity index (χ0n) is 15.3. The van der Waals surface area contributed by atoms with Gasteiger partial charge in [-0.25, -0.2) is 9.78 Å². The van der Waals surface area contributed by atoms with E-state index in [4.69, 9.17) is 27.9 Å². The number of benzene rings is 1. The number of rotatable bonds is 7. The van der Waals surface area contributed by atoms with Crippen LogP contribution in [-0.2, 0) is 11.2 Å². The van der Waals surface area contributed by atoms with Crippen molar-refractivity contribution in [1.29, 1.82) is 0 Å². The summed E-state index contributed by atoms with van der Waals surface area (Å²) >= 11 is 12.1. The molecular weight excluding hydrogens is 375 g/mol. The van der Waals surface area contributed by atoms with Crippen molar-refractivity contribution in [2.75, 3.05) is 7.11 Å². The molecular formula is C19H22Cl2N2O3. The predicted octanol–water partition coefficient (Wildman–Crippen LogP) is 5.13. The third-order valence-corrected chi connectivity index (χ3v) is 4.76. The van der Waals surface area contributed by atoms with E-state index in [1.54, 1.807) is 6.07 Å². The number of esters is 1. The molecule has 1 aromatic carbocycles. The first-order valence-electron chi connectivity index (χ1n) is 8.54. The molecule has 0 aliphatic rings. The highest BCUT2D eigenvalue weighted by molar-refractivity contribution is 6.37. The summed E-state index contributed by atoms with van der Waals surface area (Å²) in [7, 11) is 1.29. The summed E-state index contributed by atoms with van der Waals surface area (Å²) in [6, 6.07) is 4.62. The molecule has 0 spiro atoms. The van der Waals surface area contributed by atoms with Crippen LogP contribution in [0.4, 0.5) is 0 Å². The Labute approximate surface area is 163 Å². The smallest absolute Gasteiger partial charge is 0.357 e. The van der Waals surface area contributed by atoms with E-state index in [9.17, 15) is 9.59 Å². The van der Waals surface area contributed by atoms with E-state index in [0.29, 0.717) is 17.3 Å². The van der Waals surface area contributed by atoms with Crippen molar-refractivity contribution in [3.8, 4) is 0 Å². The number of nitrogens with zero attached hydrogens (tertiary/aromatic N) is 2. The van der Waals surface area contributed by atoms with E-state index in [1.165, 1.54) is 19.2 Å². The minimum absolute atomic E-state index is 0.0128. The van der Waals surface area contributed by atoms with Crippen molar-refractivity contribution < 1.29 is 14.3 Å². The van der Waals surface area contributed by atoms with Crippen molar-refractivity contribution >= 4 is 35.0 Å². The van der Waals surface area contributed by atoms with Gasteiger partial charge >= 0.3 is 5.97 Å². The molecule has 0 aliphatic heterocycles. The van der Waals surface area contributed by atoms with Crippen LogP contribution < -0.4 is 0 Å². The van der Waals surface area contributed by atoms with Gasteiger partial charge in [0.1, 0.15) is 11.5 Å². The Morgan fingerprint density at radius 3 is 2.50 bits per heavy atom. The number of methoxy groups -OCH3 is 1. The monoisotopic (exact) mass is 396 g/mol. The fourth-order valence-corrected chi connectivity index (χ4v) is 3.50. The topological polar surface area (TPSA) is 61.2 Å². The lowest BCUT2D eigenvalue weighted by atomic mass is 10.1. The third-order valence-electron chi connectivity index (χ3n) is 4.22. The van der Waals surface area contributed by atoms with Crippen LogP contribution in [-0.4, -0.2) is 28.4 Å². The van der Waals surface area contributed by atoms with E-state index >= 15 is 0 Å². The van der Waals surface area contributed by atoms with Crippen molar-refractivity contribution in [3.05, 3.63) is 51.0 Å². The van der Waals surface area contributed by atoms with Gasteiger partial charge in [-0.2, -0.15) is 0 Å². The lowest BCUT2D eigenvalue weighted by molar-refractivity contribution is 0.0582. The second-order valence-electron chi connectivity index (χ2n) is 6.03. The number of halogens is 2. The summed E-state index contributed by atoms with van der Waals surface area (Å²) in [4.78, 5) is 30.0. The minimum atomic E-state index is -0.589. The van der Waals surface area contributed by atoms with Crippen LogP contribution in [0.15, 0.2) is 18.2 Å². The number of aromatic nitrogens is 2. The summed E-state index contributed by atoms with van der Waals surface area (Å²) in [5.74, 6) is -0.349. The van der Waals surface area contributed by atoms with Crippen LogP contribution in [0.2, 0.25) is 10.0 Å². The number of ether oxygens (including phenoxy) is 1. The number of imidazole rings is 1. The first-order valence-corrected chi connectivity index (χ1v) is 9.30. The highest BCUT2D eigenvalue weighted by Gasteiger charge is 2.30. The summed E-state index contributed by atoms with van der Waals surface area (Å²) in [6.45, 7) is 6.00. The fraction of sp³-hybridized carbons (Fsp3) is 0.421. The summed E-state index contributed by atoms with van der Waals surface area (Å²) in [5, 5.41) is 0.642. The summed E-state index contributed by atoms with van der Waals surface area (Å²) < 4.78 is 6.74. The van der Waals surface area contributed by atoms with Gasteiger partial charge in [-0.1, -0.05) is 43.5 Å². The van der Waals surface area contributed by atoms with Crippen molar-refractivity contribution in [3.63, 3.8) is 0 Å². The molecule has 0 fully saturated rings. The number of hydrogen-bond donors (Lipinski definition) is 0. The van der Waals surface area contributed by atoms with E-state index in [-0.39, 0.29) is 28.0 Å². The minimum Gasteiger partial charge on any atom is -0.464 e. The molecule has 1 unspecified atom stereocenters. The van der Waals surface area contributed by atoms with Crippen LogP contribution in [0.5, 0.6) is 0 Å². The van der Waals surface area contributed by atoms with Gasteiger partial charge in [0.2, 0.25) is 5.78 Å². The van der Waals surface area contributed by atoms with Gasteiger partial charge in [0.15, 0.2) is 5.69 Å². The normalized spacial score (nSPS) is 12.1. The largest absolute Gasteiger partial charge is 0.464 e. The summed E-state index contributed by atoms with van der Waals surface area (Å²) in [6.07, 6.45) is 2.37. The fourth-order valence-electron chi connectivity index (χ4n) is 3.00. The van der Waals surface area contributed by atoms with Crippen molar-refractivity contribution in [2.45, 2.75) is 46.1 Å². The Bertz CT molecular complexity index is 830. The summed E-state index contributed by atoms with van der Waals surface area (Å²) in [5.41, 5.74) is 0.471. The standard InChI is InChI=1S/C19H22Cl2N2O3/c1-5-7-11(3)23-15(6-2)22-16(17(23)19(25)26-4)18(24)13-9-8-12(20)10-14(13)21/h8-11H,5-7H2,1-4H3. The van der Waals surface area contributed by atoms with E-state index in [2.05, 4.69) is 11.9 Å². The van der Waals surface area contributed by atoms with Crippen LogP contribution in [0, 0.1) is 0 Å². The predicted molar refractivity (Wildman–Crippen MR) is 102 cm³/mol. The molecule has 2 aromatic rings. The van der Waals surface area contributed by atoms with Gasteiger partial charge in [-0.15, -0.1) is 0 Å². The Morgan fingerprint density at radius 2 is 1.96 bits per heavy atom. The van der Waals surface area contributed by atoms with Crippen LogP contribution in [0.1, 0.15) is 72.0 Å². The average Bonchev–Trinajstić information content (AvgIpc) is 3.00. The van der Waals surface area contributed by atoms with Crippen molar-refractivity contribution in [2.24, 2.45) is 0 Å². The Kier molecular flexibility index (Phi) is 6.84. The van der Waals surface area contributed by atoms with Crippen LogP contribution >= 0.6 is 23.2 Å². The van der Waals surface area contributed by atoms with Gasteiger partial charge in [0.05, 0.1) is 12.1 Å². The van der Waals surface area contributed by atoms with Crippen molar-refractivity contribution in [1.82, 2.24) is 9.55 Å². The second kappa shape index (κ2) is 8.69. The van der Waals surface area contributed by atoms with E-state index < -0.39 is 11.8 Å². The number of aryl methyl sites for hydroxylation is 1. The molecule has 7 heteroatoms. The number of carbonyl (C=O) groups excluding carboxylic acids is 2. The van der Waals surface area contributed by atoms with Gasteiger partial charge in [-0.3, -0.25) is 4.79 Å². The number of carbonyl (C=O) groups is 2. The molecule has 0 N–H and O–H groups in total. The Hall–Kier alpha value is -1.85. The van der Waals surface area contributed by atoms with Gasteiger partial charge < -0.3 is 9.30 Å². The number of hydrogen-bond acceptors (Lipinski definition) is 4. The molecule has 140 valence electrons. The second-order valence-corrected chi connectivity index (χ2v) is 6.88.